The van der Waals surface area contributed by atoms with Gasteiger partial charge in [0.15, 0.2) is 17.9 Å². The monoisotopic (exact) mass is 1530 g/mol. The molecular formula is C75H106N9O23P. The van der Waals surface area contributed by atoms with Crippen LogP contribution in [0.3, 0.4) is 0 Å². The molecule has 32 nitrogen and oxygen atoms in total. The minimum absolute atomic E-state index is 0. The van der Waals surface area contributed by atoms with Gasteiger partial charge in [0.05, 0.1) is 62.8 Å². The summed E-state index contributed by atoms with van der Waals surface area (Å²) in [6, 6.07) is 28.0. The van der Waals surface area contributed by atoms with Gasteiger partial charge in [-0.1, -0.05) is 140 Å². The fraction of sp³-hybridized carbons (Fsp3) is 0.467. The summed E-state index contributed by atoms with van der Waals surface area (Å²) in [5, 5.41) is 118. The number of nitrogens with two attached hydrogens (primary N) is 3. The smallest absolute Gasteiger partial charge is 0.390 e. The summed E-state index contributed by atoms with van der Waals surface area (Å²) < 4.78 is 32.9. The van der Waals surface area contributed by atoms with Crippen molar-refractivity contribution in [3.05, 3.63) is 160 Å². The molecule has 3 heterocycles. The van der Waals surface area contributed by atoms with Crippen LogP contribution in [0.15, 0.2) is 147 Å². The Labute approximate surface area is 626 Å². The van der Waals surface area contributed by atoms with Crippen LogP contribution in [0.5, 0.6) is 5.75 Å². The van der Waals surface area contributed by atoms with E-state index in [1.807, 2.05) is 104 Å². The number of rotatable bonds is 24. The van der Waals surface area contributed by atoms with E-state index in [-0.39, 0.29) is 38.6 Å². The maximum Gasteiger partial charge on any atom is 0.390 e. The summed E-state index contributed by atoms with van der Waals surface area (Å²) in [5.74, 6) is -8.14. The molecule has 0 radical (unpaired) electrons. The molecule has 0 aromatic heterocycles. The Morgan fingerprint density at radius 2 is 0.833 bits per heavy atom. The molecule has 5 aromatic rings. The average molecular weight is 1530 g/mol. The molecule has 0 fully saturated rings. The highest BCUT2D eigenvalue weighted by Crippen LogP contribution is 2.50. The molecule has 0 unspecified atom stereocenters. The first kappa shape index (κ1) is 91.0. The number of guanidine groups is 3. The van der Waals surface area contributed by atoms with Gasteiger partial charge in [-0.3, -0.25) is 34.9 Å². The standard InChI is InChI=1S/C25H31N3O8.C24H32N3O8P.C24H35N3O7.2CH4/c1-12(14-4-5-16-9-17(35-3)7-6-15(16)8-14)23(32)28-25(26)27-18-10-20(24(33)34)36-22(13(18)2)21(31)19(30)11-29;1-12-4-5-17-9-15(6-7-16(17)8-12)13(2)23(31)27-24(25)26-18-10-20(36(32,33)34)35-22(14(18)3)21(30)19(29)11-28;1-12(2)9-15-5-7-16(8-6-15)13(3)22(31)27-24(25)26-17-10-19(23(32)33)34-21(14(17)4)20(30)18(29)11-28;;/h4-10,12-13,18-19,21-22,29-31H,11H2,1-3H3,(H,33,34)(H3,26,27,28,32);4-10,13-14,18-19,21-22,28-30H,11H2,1-3H3,(H2,32,33,34)(H3,25,26,27,31);5-8,10,12-14,17-18,20-21,28-30H,9,11H2,1-4H3,(H,32,33)(H3,25,26,27,31);2*1H4/t12-,13+,18-,19+,21+,22+;13-,14+,18-,19+,21+,22+;13-,14+,17-,18+,20+,21+;;/m000../s1. The number of nitrogens with one attached hydrogen (secondary N) is 3. The van der Waals surface area contributed by atoms with Crippen molar-refractivity contribution in [1.82, 2.24) is 16.0 Å². The van der Waals surface area contributed by atoms with Crippen LogP contribution in [0.1, 0.15) is 116 Å². The third kappa shape index (κ3) is 24.3. The summed E-state index contributed by atoms with van der Waals surface area (Å²) in [7, 11) is -3.29. The van der Waals surface area contributed by atoms with E-state index in [1.54, 1.807) is 48.7 Å². The van der Waals surface area contributed by atoms with Gasteiger partial charge in [0.1, 0.15) is 60.7 Å². The van der Waals surface area contributed by atoms with Crippen molar-refractivity contribution in [3.63, 3.8) is 0 Å². The number of ether oxygens (including phenoxy) is 4. The highest BCUT2D eigenvalue weighted by molar-refractivity contribution is 7.56. The van der Waals surface area contributed by atoms with E-state index in [0.717, 1.165) is 62.0 Å². The number of carbonyl (C=O) groups is 5. The molecule has 594 valence electrons. The number of benzene rings is 5. The fourth-order valence-corrected chi connectivity index (χ4v) is 12.4. The zero-order valence-electron chi connectivity index (χ0n) is 60.2. The van der Waals surface area contributed by atoms with Crippen molar-refractivity contribution in [2.45, 2.75) is 174 Å². The molecule has 0 bridgehead atoms. The highest BCUT2D eigenvalue weighted by Gasteiger charge is 2.45. The molecule has 108 heavy (non-hydrogen) atoms. The highest BCUT2D eigenvalue weighted by atomic mass is 31.2. The Bertz CT molecular complexity index is 4150. The van der Waals surface area contributed by atoms with Crippen LogP contribution in [0, 0.1) is 30.6 Å². The minimum atomic E-state index is -4.88. The second kappa shape index (κ2) is 40.7. The van der Waals surface area contributed by atoms with E-state index in [9.17, 15) is 79.2 Å². The number of fused-ring (bicyclic) bond motifs is 2. The number of hydrogen-bond donors (Lipinski definition) is 19. The van der Waals surface area contributed by atoms with E-state index < -0.39 is 177 Å². The van der Waals surface area contributed by atoms with Gasteiger partial charge in [0, 0.05) is 17.8 Å². The lowest BCUT2D eigenvalue weighted by Crippen LogP contribution is -2.50. The van der Waals surface area contributed by atoms with Crippen LogP contribution < -0.4 is 37.9 Å². The molecule has 0 aliphatic carbocycles. The van der Waals surface area contributed by atoms with Crippen LogP contribution in [0.25, 0.3) is 21.5 Å². The number of carbonyl (C=O) groups excluding carboxylic acids is 3. The first-order chi connectivity index (χ1) is 49.8. The Morgan fingerprint density at radius 3 is 1.19 bits per heavy atom. The number of aliphatic carboxylic acids is 2. The summed E-state index contributed by atoms with van der Waals surface area (Å²) in [5.41, 5.74) is 21.8. The zero-order chi connectivity index (χ0) is 78.9. The van der Waals surface area contributed by atoms with Crippen LogP contribution in [-0.4, -0.2) is 213 Å². The van der Waals surface area contributed by atoms with Crippen molar-refractivity contribution < 1.29 is 113 Å². The third-order valence-electron chi connectivity index (χ3n) is 18.4. The molecule has 5 aromatic carbocycles. The lowest BCUT2D eigenvalue weighted by atomic mass is 9.88. The number of aliphatic hydroxyl groups excluding tert-OH is 9. The number of aliphatic imine (C=N–C) groups is 3. The number of carboxylic acids is 2. The van der Waals surface area contributed by atoms with Crippen molar-refractivity contribution in [1.29, 1.82) is 0 Å². The van der Waals surface area contributed by atoms with Gasteiger partial charge in [-0.25, -0.2) is 24.6 Å². The zero-order valence-corrected chi connectivity index (χ0v) is 61.1. The molecule has 3 amide bonds. The molecular weight excluding hydrogens is 1430 g/mol. The second-order valence-electron chi connectivity index (χ2n) is 26.8. The Hall–Kier alpha value is -9.41. The van der Waals surface area contributed by atoms with Crippen LogP contribution >= 0.6 is 7.60 Å². The summed E-state index contributed by atoms with van der Waals surface area (Å²) in [6.07, 6.45) is -8.71. The van der Waals surface area contributed by atoms with Crippen molar-refractivity contribution >= 4 is 76.7 Å². The van der Waals surface area contributed by atoms with Crippen LogP contribution in [0.4, 0.5) is 0 Å². The molecule has 0 spiro atoms. The van der Waals surface area contributed by atoms with Crippen molar-refractivity contribution in [2.75, 3.05) is 26.9 Å². The topological polar surface area (TPSA) is 554 Å². The van der Waals surface area contributed by atoms with Crippen LogP contribution in [0.2, 0.25) is 0 Å². The Morgan fingerprint density at radius 1 is 0.500 bits per heavy atom. The van der Waals surface area contributed by atoms with Gasteiger partial charge in [-0.2, -0.15) is 0 Å². The van der Waals surface area contributed by atoms with Crippen LogP contribution in [-0.2, 0) is 49.2 Å². The lowest BCUT2D eigenvalue weighted by Gasteiger charge is -2.37. The molecule has 3 aliphatic heterocycles. The normalized spacial score (nSPS) is 22.7. The molecule has 18 atom stereocenters. The van der Waals surface area contributed by atoms with Gasteiger partial charge in [0.2, 0.25) is 34.7 Å². The third-order valence-corrected chi connectivity index (χ3v) is 19.2. The summed E-state index contributed by atoms with van der Waals surface area (Å²) in [4.78, 5) is 93.2. The largest absolute Gasteiger partial charge is 0.497 e. The number of aliphatic hydroxyl groups is 9. The number of methoxy groups -OCH3 is 1. The summed E-state index contributed by atoms with van der Waals surface area (Å²) in [6.45, 7) is 14.0. The maximum absolute atomic E-state index is 12.9. The molecule has 3 aliphatic rings. The van der Waals surface area contributed by atoms with Crippen molar-refractivity contribution in [3.8, 4) is 5.75 Å². The van der Waals surface area contributed by atoms with E-state index in [0.29, 0.717) is 5.92 Å². The maximum atomic E-state index is 12.9. The molecule has 0 saturated heterocycles. The number of nitrogens with zero attached hydrogens (tertiary/aromatic N) is 3. The molecule has 8 rings (SSSR count). The van der Waals surface area contributed by atoms with E-state index in [2.05, 4.69) is 44.8 Å². The first-order valence-corrected chi connectivity index (χ1v) is 35.6. The van der Waals surface area contributed by atoms with E-state index >= 15 is 0 Å². The summed E-state index contributed by atoms with van der Waals surface area (Å²) >= 11 is 0. The molecule has 33 heteroatoms. The quantitative estimate of drug-likeness (QED) is 0.0240. The van der Waals surface area contributed by atoms with E-state index in [1.165, 1.54) is 17.7 Å². The molecule has 0 saturated carbocycles. The van der Waals surface area contributed by atoms with Gasteiger partial charge >= 0.3 is 19.5 Å². The predicted molar refractivity (Wildman–Crippen MR) is 405 cm³/mol. The first-order valence-electron chi connectivity index (χ1n) is 34.0. The average Bonchev–Trinajstić information content (AvgIpc) is 0.844. The van der Waals surface area contributed by atoms with E-state index in [4.69, 9.17) is 51.5 Å². The Kier molecular flexibility index (Phi) is 34.3. The number of amides is 3. The number of aryl methyl sites for hydroxylation is 1. The Balaban J connectivity index is 0.000000339. The van der Waals surface area contributed by atoms with Gasteiger partial charge < -0.3 is 102 Å². The number of carboxylic acid groups (broad SMARTS) is 2. The fourth-order valence-electron chi connectivity index (χ4n) is 11.8. The number of hydrogen-bond acceptors (Lipinski definition) is 22. The molecule has 22 N–H and O–H groups in total. The van der Waals surface area contributed by atoms with Gasteiger partial charge in [-0.05, 0) is 114 Å². The minimum Gasteiger partial charge on any atom is -0.497 e. The SMILES string of the molecule is C.C.CC(C)Cc1ccc([C@H](C)C(=O)NC(N)=N[C@H]2C=C(C(=O)O)O[C@@H]([C@H](O)[C@H](O)CO)[C@@H]2C)cc1.COc1ccc2cc([C@H](C)C(=O)NC(N)=N[C@H]3C=C(C(=O)O)O[C@@H]([C@H](O)[C@H](O)CO)[C@@H]3C)ccc2c1.Cc1ccc2cc([C@H](C)C(=O)NC(N)=N[C@H]3C=C(P(=O)(O)O)O[C@@H]([C@H](O)[C@H](O)CO)[C@@H]3C)ccc2c1. The van der Waals surface area contributed by atoms with Gasteiger partial charge in [0.25, 0.3) is 0 Å². The lowest BCUT2D eigenvalue weighted by molar-refractivity contribution is -0.147. The second-order valence-corrected chi connectivity index (χ2v) is 28.4. The predicted octanol–water partition coefficient (Wildman–Crippen LogP) is 3.07. The van der Waals surface area contributed by atoms with Gasteiger partial charge in [-0.15, -0.1) is 0 Å². The van der Waals surface area contributed by atoms with Crippen molar-refractivity contribution in [2.24, 2.45) is 55.8 Å².